The average molecular weight is 205 g/mol. The van der Waals surface area contributed by atoms with Gasteiger partial charge in [-0.3, -0.25) is 0 Å². The van der Waals surface area contributed by atoms with E-state index in [0.29, 0.717) is 11.5 Å². The summed E-state index contributed by atoms with van der Waals surface area (Å²) in [6, 6.07) is 0.339. The number of nitrogens with two attached hydrogens (primary N) is 1. The van der Waals surface area contributed by atoms with Crippen LogP contribution in [0.15, 0.2) is 0 Å². The number of piperidine rings is 1. The molecule has 78 valence electrons. The Hall–Kier alpha value is 0.210. The van der Waals surface area contributed by atoms with E-state index in [2.05, 4.69) is 25.7 Å². The molecule has 1 saturated carbocycles. The molecule has 0 amide bonds. The largest absolute Gasteiger partial charge is 0.327 e. The number of rotatable bonds is 2. The number of nitrogens with zero attached hydrogens (tertiary/aromatic N) is 1. The van der Waals surface area contributed by atoms with Crippen LogP contribution in [0, 0.1) is 17.3 Å². The third-order valence-electron chi connectivity index (χ3n) is 3.74. The molecule has 3 atom stereocenters. The highest BCUT2D eigenvalue weighted by Crippen LogP contribution is 2.61. The molecule has 0 aromatic heterocycles. The second-order valence-electron chi connectivity index (χ2n) is 5.23. The van der Waals surface area contributed by atoms with Gasteiger partial charge in [-0.1, -0.05) is 13.8 Å². The first-order valence-electron chi connectivity index (χ1n) is 4.99. The summed E-state index contributed by atoms with van der Waals surface area (Å²) in [4.78, 5) is 2.52. The minimum Gasteiger partial charge on any atom is -0.327 e. The predicted molar refractivity (Wildman–Crippen MR) is 58.1 cm³/mol. The zero-order valence-corrected chi connectivity index (χ0v) is 9.60. The topological polar surface area (TPSA) is 29.3 Å². The lowest BCUT2D eigenvalue weighted by atomic mass is 10.1. The van der Waals surface area contributed by atoms with E-state index in [-0.39, 0.29) is 12.4 Å². The molecule has 1 aliphatic carbocycles. The van der Waals surface area contributed by atoms with Gasteiger partial charge in [-0.2, -0.15) is 0 Å². The first kappa shape index (κ1) is 11.3. The van der Waals surface area contributed by atoms with Crippen molar-refractivity contribution in [3.63, 3.8) is 0 Å². The molecule has 1 saturated heterocycles. The molecule has 1 aliphatic heterocycles. The number of halogens is 1. The van der Waals surface area contributed by atoms with Crippen LogP contribution in [-0.2, 0) is 0 Å². The summed E-state index contributed by atoms with van der Waals surface area (Å²) in [7, 11) is 0. The van der Waals surface area contributed by atoms with Crippen LogP contribution in [0.25, 0.3) is 0 Å². The Labute approximate surface area is 87.3 Å². The Bertz CT molecular complexity index is 177. The Morgan fingerprint density at radius 3 is 2.23 bits per heavy atom. The van der Waals surface area contributed by atoms with Crippen LogP contribution in [0.1, 0.15) is 20.8 Å². The van der Waals surface area contributed by atoms with Gasteiger partial charge in [0.1, 0.15) is 0 Å². The Morgan fingerprint density at radius 1 is 1.38 bits per heavy atom. The molecule has 2 fully saturated rings. The molecular weight excluding hydrogens is 184 g/mol. The maximum Gasteiger partial charge on any atom is 0.0139 e. The molecule has 3 heteroatoms. The van der Waals surface area contributed by atoms with E-state index in [1.54, 1.807) is 0 Å². The van der Waals surface area contributed by atoms with Gasteiger partial charge in [0, 0.05) is 25.7 Å². The van der Waals surface area contributed by atoms with Gasteiger partial charge in [0.15, 0.2) is 0 Å². The van der Waals surface area contributed by atoms with Gasteiger partial charge in [0.05, 0.1) is 0 Å². The van der Waals surface area contributed by atoms with Crippen LogP contribution in [0.3, 0.4) is 0 Å². The summed E-state index contributed by atoms with van der Waals surface area (Å²) in [5, 5.41) is 0. The van der Waals surface area contributed by atoms with Crippen molar-refractivity contribution in [3.05, 3.63) is 0 Å². The minimum absolute atomic E-state index is 0. The van der Waals surface area contributed by atoms with Crippen LogP contribution in [0.5, 0.6) is 0 Å². The SMILES string of the molecule is C[C@@H](N)CN1CC2C(C1)C2(C)C.Cl. The molecule has 2 N–H and O–H groups in total. The maximum atomic E-state index is 5.76. The smallest absolute Gasteiger partial charge is 0.0139 e. The van der Waals surface area contributed by atoms with Gasteiger partial charge in [0.25, 0.3) is 0 Å². The van der Waals surface area contributed by atoms with E-state index in [1.807, 2.05) is 0 Å². The number of likely N-dealkylation sites (tertiary alicyclic amines) is 1. The van der Waals surface area contributed by atoms with Crippen molar-refractivity contribution in [1.29, 1.82) is 0 Å². The fraction of sp³-hybridized carbons (Fsp3) is 1.00. The molecular formula is C10H21ClN2. The predicted octanol–water partition coefficient (Wildman–Crippen LogP) is 1.34. The highest BCUT2D eigenvalue weighted by molar-refractivity contribution is 5.85. The van der Waals surface area contributed by atoms with Crippen LogP contribution in [0.2, 0.25) is 0 Å². The van der Waals surface area contributed by atoms with E-state index in [0.717, 1.165) is 18.4 Å². The fourth-order valence-electron chi connectivity index (χ4n) is 2.77. The van der Waals surface area contributed by atoms with Crippen LogP contribution in [0.4, 0.5) is 0 Å². The van der Waals surface area contributed by atoms with E-state index in [4.69, 9.17) is 5.73 Å². The summed E-state index contributed by atoms with van der Waals surface area (Å²) >= 11 is 0. The monoisotopic (exact) mass is 204 g/mol. The van der Waals surface area contributed by atoms with E-state index in [9.17, 15) is 0 Å². The van der Waals surface area contributed by atoms with Crippen molar-refractivity contribution in [2.75, 3.05) is 19.6 Å². The molecule has 2 unspecified atom stereocenters. The highest BCUT2D eigenvalue weighted by atomic mass is 35.5. The van der Waals surface area contributed by atoms with E-state index < -0.39 is 0 Å². The second kappa shape index (κ2) is 3.41. The van der Waals surface area contributed by atoms with Gasteiger partial charge in [-0.05, 0) is 24.2 Å². The molecule has 0 bridgehead atoms. The van der Waals surface area contributed by atoms with Gasteiger partial charge in [-0.25, -0.2) is 0 Å². The summed E-state index contributed by atoms with van der Waals surface area (Å²) in [5.41, 5.74) is 6.41. The molecule has 2 aliphatic rings. The van der Waals surface area contributed by atoms with Crippen LogP contribution in [-0.4, -0.2) is 30.6 Å². The third kappa shape index (κ3) is 1.85. The first-order chi connectivity index (χ1) is 5.51. The van der Waals surface area contributed by atoms with Crippen LogP contribution >= 0.6 is 12.4 Å². The van der Waals surface area contributed by atoms with Crippen LogP contribution < -0.4 is 5.73 Å². The van der Waals surface area contributed by atoms with Crippen molar-refractivity contribution in [1.82, 2.24) is 4.90 Å². The lowest BCUT2D eigenvalue weighted by Gasteiger charge is -2.23. The standard InChI is InChI=1S/C10H20N2.ClH/c1-7(11)4-12-5-8-9(6-12)10(8,2)3;/h7-9H,4-6,11H2,1-3H3;1H/t7-,8?,9?;/m1./s1. The highest BCUT2D eigenvalue weighted by Gasteiger charge is 2.61. The molecule has 2 rings (SSSR count). The van der Waals surface area contributed by atoms with Gasteiger partial charge < -0.3 is 10.6 Å². The summed E-state index contributed by atoms with van der Waals surface area (Å²) in [6.45, 7) is 10.5. The number of hydrogen-bond acceptors (Lipinski definition) is 2. The van der Waals surface area contributed by atoms with E-state index in [1.165, 1.54) is 13.1 Å². The Kier molecular flexibility index (Phi) is 2.96. The molecule has 2 nitrogen and oxygen atoms in total. The lowest BCUT2D eigenvalue weighted by Crippen LogP contribution is -2.36. The normalized spacial score (nSPS) is 37.8. The van der Waals surface area contributed by atoms with Gasteiger partial charge in [-0.15, -0.1) is 12.4 Å². The van der Waals surface area contributed by atoms with Gasteiger partial charge >= 0.3 is 0 Å². The maximum absolute atomic E-state index is 5.76. The molecule has 13 heavy (non-hydrogen) atoms. The Morgan fingerprint density at radius 2 is 1.85 bits per heavy atom. The summed E-state index contributed by atoms with van der Waals surface area (Å²) in [5.74, 6) is 1.94. The molecule has 0 aromatic carbocycles. The minimum atomic E-state index is 0. The van der Waals surface area contributed by atoms with Crippen molar-refractivity contribution >= 4 is 12.4 Å². The van der Waals surface area contributed by atoms with Crippen molar-refractivity contribution < 1.29 is 0 Å². The van der Waals surface area contributed by atoms with Crippen molar-refractivity contribution in [2.24, 2.45) is 23.0 Å². The molecule has 1 heterocycles. The zero-order chi connectivity index (χ0) is 8.93. The Balaban J connectivity index is 0.000000845. The van der Waals surface area contributed by atoms with Crippen molar-refractivity contribution in [2.45, 2.75) is 26.8 Å². The average Bonchev–Trinajstić information content (AvgIpc) is 2.38. The zero-order valence-electron chi connectivity index (χ0n) is 8.79. The summed E-state index contributed by atoms with van der Waals surface area (Å²) in [6.07, 6.45) is 0. The number of fused-ring (bicyclic) bond motifs is 1. The third-order valence-corrected chi connectivity index (χ3v) is 3.74. The molecule has 0 radical (unpaired) electrons. The lowest BCUT2D eigenvalue weighted by molar-refractivity contribution is 0.248. The summed E-state index contributed by atoms with van der Waals surface area (Å²) < 4.78 is 0. The quantitative estimate of drug-likeness (QED) is 0.736. The van der Waals surface area contributed by atoms with Gasteiger partial charge in [0.2, 0.25) is 0 Å². The molecule has 0 aromatic rings. The first-order valence-corrected chi connectivity index (χ1v) is 4.99. The van der Waals surface area contributed by atoms with Crippen molar-refractivity contribution in [3.8, 4) is 0 Å². The van der Waals surface area contributed by atoms with E-state index >= 15 is 0 Å². The molecule has 0 spiro atoms. The number of hydrogen-bond donors (Lipinski definition) is 1. The second-order valence-corrected chi connectivity index (χ2v) is 5.23. The fourth-order valence-corrected chi connectivity index (χ4v) is 2.77.